The lowest BCUT2D eigenvalue weighted by Gasteiger charge is -2.32. The predicted octanol–water partition coefficient (Wildman–Crippen LogP) is 1.62. The van der Waals surface area contributed by atoms with Crippen LogP contribution in [0.5, 0.6) is 0 Å². The summed E-state index contributed by atoms with van der Waals surface area (Å²) in [6.07, 6.45) is 1.83. The summed E-state index contributed by atoms with van der Waals surface area (Å²) in [6, 6.07) is 2.49. The van der Waals surface area contributed by atoms with E-state index in [4.69, 9.17) is 5.73 Å². The van der Waals surface area contributed by atoms with Gasteiger partial charge in [-0.25, -0.2) is 12.8 Å². The number of primary amides is 1. The van der Waals surface area contributed by atoms with Gasteiger partial charge in [-0.05, 0) is 47.0 Å². The molecule has 0 bridgehead atoms. The summed E-state index contributed by atoms with van der Waals surface area (Å²) in [5, 5.41) is 0. The molecule has 110 valence electrons. The highest BCUT2D eigenvalue weighted by molar-refractivity contribution is 9.10. The molecule has 2 rings (SSSR count). The van der Waals surface area contributed by atoms with Gasteiger partial charge < -0.3 is 5.73 Å². The molecular formula is C12H14BrFN2O3S. The second kappa shape index (κ2) is 5.79. The number of carbonyl (C=O) groups excluding carboxylic acids is 1. The van der Waals surface area contributed by atoms with Crippen LogP contribution in [-0.4, -0.2) is 31.2 Å². The Bertz CT molecular complexity index is 636. The molecule has 0 saturated carbocycles. The number of hydrogen-bond acceptors (Lipinski definition) is 3. The van der Waals surface area contributed by atoms with E-state index in [0.29, 0.717) is 12.8 Å². The largest absolute Gasteiger partial charge is 0.368 e. The number of halogens is 2. The smallest absolute Gasteiger partial charge is 0.244 e. The fourth-order valence-electron chi connectivity index (χ4n) is 2.29. The second-order valence-corrected chi connectivity index (χ2v) is 7.32. The Kier molecular flexibility index (Phi) is 4.46. The van der Waals surface area contributed by atoms with Gasteiger partial charge in [0, 0.05) is 11.0 Å². The van der Waals surface area contributed by atoms with Crippen molar-refractivity contribution in [3.05, 3.63) is 28.5 Å². The molecule has 1 aliphatic rings. The molecule has 1 aromatic rings. The minimum atomic E-state index is -3.88. The second-order valence-electron chi connectivity index (χ2n) is 4.60. The number of carbonyl (C=O) groups is 1. The normalized spacial score (nSPS) is 20.8. The molecule has 1 aliphatic heterocycles. The van der Waals surface area contributed by atoms with Gasteiger partial charge in [0.2, 0.25) is 15.9 Å². The molecule has 1 atom stereocenters. The standard InChI is InChI=1S/C12H14BrFN2O3S/c13-9-7-8(14)4-5-11(9)20(18,19)16-6-2-1-3-10(16)12(15)17/h4-5,7,10H,1-3,6H2,(H2,15,17). The lowest BCUT2D eigenvalue weighted by atomic mass is 10.0. The van der Waals surface area contributed by atoms with Crippen molar-refractivity contribution in [1.29, 1.82) is 0 Å². The van der Waals surface area contributed by atoms with E-state index in [1.165, 1.54) is 6.07 Å². The van der Waals surface area contributed by atoms with Crippen molar-refractivity contribution in [3.63, 3.8) is 0 Å². The first-order valence-electron chi connectivity index (χ1n) is 6.10. The average Bonchev–Trinajstić information content (AvgIpc) is 2.38. The van der Waals surface area contributed by atoms with Gasteiger partial charge in [-0.1, -0.05) is 6.42 Å². The van der Waals surface area contributed by atoms with E-state index in [0.717, 1.165) is 22.9 Å². The lowest BCUT2D eigenvalue weighted by molar-refractivity contribution is -0.122. The number of nitrogens with zero attached hydrogens (tertiary/aromatic N) is 1. The van der Waals surface area contributed by atoms with Crippen LogP contribution in [0.3, 0.4) is 0 Å². The van der Waals surface area contributed by atoms with Gasteiger partial charge in [0.05, 0.1) is 4.90 Å². The number of hydrogen-bond donors (Lipinski definition) is 1. The fourth-order valence-corrected chi connectivity index (χ4v) is 4.96. The first kappa shape index (κ1) is 15.4. The maximum Gasteiger partial charge on any atom is 0.244 e. The Labute approximate surface area is 125 Å². The number of piperidine rings is 1. The SMILES string of the molecule is NC(=O)C1CCCCN1S(=O)(=O)c1ccc(F)cc1Br. The summed E-state index contributed by atoms with van der Waals surface area (Å²) < 4.78 is 39.5. The first-order valence-corrected chi connectivity index (χ1v) is 8.33. The van der Waals surface area contributed by atoms with E-state index in [-0.39, 0.29) is 15.9 Å². The van der Waals surface area contributed by atoms with Gasteiger partial charge in [-0.15, -0.1) is 0 Å². The lowest BCUT2D eigenvalue weighted by Crippen LogP contribution is -2.50. The molecule has 0 aliphatic carbocycles. The van der Waals surface area contributed by atoms with Crippen molar-refractivity contribution in [2.24, 2.45) is 5.73 Å². The van der Waals surface area contributed by atoms with Crippen molar-refractivity contribution in [2.45, 2.75) is 30.2 Å². The molecule has 8 heteroatoms. The summed E-state index contributed by atoms with van der Waals surface area (Å²) >= 11 is 3.04. The van der Waals surface area contributed by atoms with E-state index in [2.05, 4.69) is 15.9 Å². The molecule has 0 spiro atoms. The summed E-state index contributed by atoms with van der Waals surface area (Å²) in [5.41, 5.74) is 5.28. The number of nitrogens with two attached hydrogens (primary N) is 1. The van der Waals surface area contributed by atoms with Crippen molar-refractivity contribution in [2.75, 3.05) is 6.54 Å². The maximum atomic E-state index is 13.1. The van der Waals surface area contributed by atoms with Crippen molar-refractivity contribution >= 4 is 31.9 Å². The summed E-state index contributed by atoms with van der Waals surface area (Å²) in [4.78, 5) is 11.4. The van der Waals surface area contributed by atoms with Crippen molar-refractivity contribution < 1.29 is 17.6 Å². The fraction of sp³-hybridized carbons (Fsp3) is 0.417. The van der Waals surface area contributed by atoms with Crippen molar-refractivity contribution in [3.8, 4) is 0 Å². The molecule has 1 aromatic carbocycles. The van der Waals surface area contributed by atoms with E-state index in [9.17, 15) is 17.6 Å². The Balaban J connectivity index is 2.45. The van der Waals surface area contributed by atoms with Crippen LogP contribution in [0.15, 0.2) is 27.6 Å². The molecule has 5 nitrogen and oxygen atoms in total. The van der Waals surface area contributed by atoms with Crippen LogP contribution < -0.4 is 5.73 Å². The minimum Gasteiger partial charge on any atom is -0.368 e. The Morgan fingerprint density at radius 1 is 1.40 bits per heavy atom. The molecule has 1 fully saturated rings. The van der Waals surface area contributed by atoms with Gasteiger partial charge in [0.15, 0.2) is 0 Å². The number of benzene rings is 1. The molecule has 0 radical (unpaired) electrons. The average molecular weight is 365 g/mol. The van der Waals surface area contributed by atoms with Gasteiger partial charge in [-0.3, -0.25) is 4.79 Å². The Morgan fingerprint density at radius 3 is 2.70 bits per heavy atom. The zero-order valence-electron chi connectivity index (χ0n) is 10.6. The van der Waals surface area contributed by atoms with Gasteiger partial charge in [0.25, 0.3) is 0 Å². The van der Waals surface area contributed by atoms with Crippen molar-refractivity contribution in [1.82, 2.24) is 4.31 Å². The topological polar surface area (TPSA) is 80.5 Å². The van der Waals surface area contributed by atoms with Crippen LogP contribution in [0, 0.1) is 5.82 Å². The highest BCUT2D eigenvalue weighted by Gasteiger charge is 2.37. The predicted molar refractivity (Wildman–Crippen MR) is 74.8 cm³/mol. The molecule has 1 heterocycles. The first-order chi connectivity index (χ1) is 9.34. The molecule has 1 unspecified atom stereocenters. The molecular weight excluding hydrogens is 351 g/mol. The van der Waals surface area contributed by atoms with E-state index >= 15 is 0 Å². The molecule has 1 saturated heterocycles. The summed E-state index contributed by atoms with van der Waals surface area (Å²) in [5.74, 6) is -1.20. The third kappa shape index (κ3) is 2.87. The van der Waals surface area contributed by atoms with Crippen LogP contribution in [0.4, 0.5) is 4.39 Å². The number of sulfonamides is 1. The Morgan fingerprint density at radius 2 is 2.10 bits per heavy atom. The van der Waals surface area contributed by atoms with Crippen LogP contribution in [-0.2, 0) is 14.8 Å². The van der Waals surface area contributed by atoms with Gasteiger partial charge >= 0.3 is 0 Å². The maximum absolute atomic E-state index is 13.1. The van der Waals surface area contributed by atoms with Crippen LogP contribution >= 0.6 is 15.9 Å². The highest BCUT2D eigenvalue weighted by Crippen LogP contribution is 2.30. The Hall–Kier alpha value is -0.990. The van der Waals surface area contributed by atoms with Crippen LogP contribution in [0.25, 0.3) is 0 Å². The van der Waals surface area contributed by atoms with Crippen LogP contribution in [0.1, 0.15) is 19.3 Å². The van der Waals surface area contributed by atoms with E-state index < -0.39 is 27.8 Å². The quantitative estimate of drug-likeness (QED) is 0.884. The van der Waals surface area contributed by atoms with Gasteiger partial charge in [0.1, 0.15) is 11.9 Å². The van der Waals surface area contributed by atoms with E-state index in [1.54, 1.807) is 0 Å². The monoisotopic (exact) mass is 364 g/mol. The zero-order chi connectivity index (χ0) is 14.9. The number of rotatable bonds is 3. The molecule has 2 N–H and O–H groups in total. The van der Waals surface area contributed by atoms with Gasteiger partial charge in [-0.2, -0.15) is 4.31 Å². The summed E-state index contributed by atoms with van der Waals surface area (Å²) in [7, 11) is -3.88. The molecule has 0 aromatic heterocycles. The minimum absolute atomic E-state index is 0.0629. The van der Waals surface area contributed by atoms with E-state index in [1.807, 2.05) is 0 Å². The number of amides is 1. The summed E-state index contributed by atoms with van der Waals surface area (Å²) in [6.45, 7) is 0.236. The molecule has 20 heavy (non-hydrogen) atoms. The third-order valence-electron chi connectivity index (χ3n) is 3.26. The zero-order valence-corrected chi connectivity index (χ0v) is 13.0. The third-order valence-corrected chi connectivity index (χ3v) is 6.15. The molecule has 1 amide bonds. The van der Waals surface area contributed by atoms with Crippen LogP contribution in [0.2, 0.25) is 0 Å². The highest BCUT2D eigenvalue weighted by atomic mass is 79.9.